The first-order chi connectivity index (χ1) is 32.3. The number of ether oxygens (including phenoxy) is 2. The smallest absolute Gasteiger partial charge is 0.276 e. The highest BCUT2D eigenvalue weighted by Crippen LogP contribution is 2.33. The molecule has 0 aliphatic rings. The van der Waals surface area contributed by atoms with E-state index in [0.717, 1.165) is 12.0 Å². The summed E-state index contributed by atoms with van der Waals surface area (Å²) in [4.78, 5) is 72.5. The number of rotatable bonds is 22. The van der Waals surface area contributed by atoms with Crippen molar-refractivity contribution in [1.29, 1.82) is 0 Å². The zero-order valence-electron chi connectivity index (χ0n) is 37.6. The Bertz CT molecular complexity index is 3060. The van der Waals surface area contributed by atoms with Crippen LogP contribution in [-0.4, -0.2) is 98.6 Å². The molecule has 7 N–H and O–H groups in total. The van der Waals surface area contributed by atoms with Gasteiger partial charge in [0.2, 0.25) is 23.7 Å². The molecule has 0 radical (unpaired) electrons. The van der Waals surface area contributed by atoms with Crippen LogP contribution in [0.1, 0.15) is 73.3 Å². The number of amides is 4. The molecule has 4 amide bonds. The molecule has 0 fully saturated rings. The van der Waals surface area contributed by atoms with Crippen LogP contribution < -0.4 is 36.9 Å². The molecule has 0 saturated carbocycles. The summed E-state index contributed by atoms with van der Waals surface area (Å²) in [5.41, 5.74) is 16.1. The van der Waals surface area contributed by atoms with E-state index in [0.29, 0.717) is 83.2 Å². The van der Waals surface area contributed by atoms with Crippen molar-refractivity contribution in [2.24, 2.45) is 11.5 Å². The lowest BCUT2D eigenvalue weighted by Crippen LogP contribution is -2.20. The minimum absolute atomic E-state index is 0.0841. The van der Waals surface area contributed by atoms with Gasteiger partial charge in [-0.05, 0) is 70.2 Å². The molecule has 67 heavy (non-hydrogen) atoms. The fourth-order valence-corrected chi connectivity index (χ4v) is 7.40. The van der Waals surface area contributed by atoms with Gasteiger partial charge in [-0.15, -0.1) is 0 Å². The van der Waals surface area contributed by atoms with Crippen molar-refractivity contribution in [2.75, 3.05) is 36.2 Å². The van der Waals surface area contributed by atoms with E-state index < -0.39 is 23.6 Å². The second-order valence-corrected chi connectivity index (χ2v) is 15.2. The summed E-state index contributed by atoms with van der Waals surface area (Å²) in [6.45, 7) is 9.53. The summed E-state index contributed by atoms with van der Waals surface area (Å²) < 4.78 is 20.3. The number of anilines is 3. The van der Waals surface area contributed by atoms with E-state index in [1.165, 1.54) is 31.4 Å². The third-order valence-corrected chi connectivity index (χ3v) is 10.5. The van der Waals surface area contributed by atoms with E-state index in [4.69, 9.17) is 30.9 Å². The van der Waals surface area contributed by atoms with Gasteiger partial charge in [-0.3, -0.25) is 43.9 Å². The lowest BCUT2D eigenvalue weighted by Gasteiger charge is -2.13. The molecule has 0 spiro atoms. The SMILES string of the molecule is CCn1nc(C)cc1C(=O)Nc1nc2cc(C(N)=O)cc(OC)c2n1C/C=C/Cn1c(NC(=O)c2cc(C)nn2CC)nc2cc(C(N)=O)cc(OC/C=C/Cn3cc(NCCC=O)cn3)c21. The summed E-state index contributed by atoms with van der Waals surface area (Å²) in [5.74, 6) is -1.41. The van der Waals surface area contributed by atoms with Crippen LogP contribution >= 0.6 is 0 Å². The standard InChI is InChI=1S/C45H51N15O7/c1-6-59-34(19-27(3)54-59)42(64)52-44-50-32-21-29(40(46)62)23-36(66-5)38(32)57(44)15-8-9-16-58-39-33(51-45(58)53-43(65)35-20-28(4)55-60(35)7-2)22-30(41(47)63)24-37(39)67-18-11-10-14-56-26-31(25-49-56)48-13-12-17-61/h8-11,17,19-26,48H,6-7,12-16,18H2,1-5H3,(H2,46,62)(H2,47,63)(H,50,52,64)(H,51,53,65)/b9-8+,11-10+. The van der Waals surface area contributed by atoms with Crippen molar-refractivity contribution in [3.63, 3.8) is 0 Å². The van der Waals surface area contributed by atoms with Crippen LogP contribution in [0, 0.1) is 13.8 Å². The molecule has 2 aromatic carbocycles. The first-order valence-electron chi connectivity index (χ1n) is 21.4. The number of imidazole rings is 2. The molecule has 0 saturated heterocycles. The molecule has 5 heterocycles. The van der Waals surface area contributed by atoms with Gasteiger partial charge in [0.15, 0.2) is 0 Å². The van der Waals surface area contributed by atoms with Gasteiger partial charge in [0.25, 0.3) is 11.8 Å². The number of carbonyl (C=O) groups excluding carboxylic acids is 5. The molecular weight excluding hydrogens is 863 g/mol. The van der Waals surface area contributed by atoms with Gasteiger partial charge in [-0.25, -0.2) is 9.97 Å². The number of carbonyl (C=O) groups is 5. The number of primary amides is 2. The second-order valence-electron chi connectivity index (χ2n) is 15.2. The predicted molar refractivity (Wildman–Crippen MR) is 249 cm³/mol. The first-order valence-corrected chi connectivity index (χ1v) is 21.4. The predicted octanol–water partition coefficient (Wildman–Crippen LogP) is 4.24. The monoisotopic (exact) mass is 913 g/mol. The number of aldehydes is 1. The molecule has 0 aliphatic carbocycles. The second kappa shape index (κ2) is 20.5. The molecule has 348 valence electrons. The average molecular weight is 914 g/mol. The average Bonchev–Trinajstić information content (AvgIpc) is 4.15. The number of nitrogens with two attached hydrogens (primary N) is 2. The van der Waals surface area contributed by atoms with Crippen molar-refractivity contribution >= 4 is 69.6 Å². The number of aromatic nitrogens is 10. The number of hydrogen-bond acceptors (Lipinski definition) is 13. The van der Waals surface area contributed by atoms with Gasteiger partial charge < -0.3 is 40.2 Å². The maximum Gasteiger partial charge on any atom is 0.276 e. The molecule has 0 bridgehead atoms. The van der Waals surface area contributed by atoms with E-state index in [1.54, 1.807) is 61.4 Å². The van der Waals surface area contributed by atoms with Crippen LogP contribution in [-0.2, 0) is 37.5 Å². The number of benzene rings is 2. The Kier molecular flexibility index (Phi) is 14.2. The Morgan fingerprint density at radius 3 is 1.75 bits per heavy atom. The quantitative estimate of drug-likeness (QED) is 0.0362. The van der Waals surface area contributed by atoms with Crippen LogP contribution in [0.2, 0.25) is 0 Å². The van der Waals surface area contributed by atoms with Crippen molar-refractivity contribution in [2.45, 2.75) is 66.8 Å². The largest absolute Gasteiger partial charge is 0.494 e. The zero-order chi connectivity index (χ0) is 47.8. The van der Waals surface area contributed by atoms with Gasteiger partial charge in [0.05, 0.1) is 48.0 Å². The highest BCUT2D eigenvalue weighted by atomic mass is 16.5. The maximum atomic E-state index is 13.9. The number of aryl methyl sites for hydroxylation is 4. The Morgan fingerprint density at radius 2 is 1.24 bits per heavy atom. The summed E-state index contributed by atoms with van der Waals surface area (Å²) in [6, 6.07) is 9.44. The fraction of sp³-hybridized carbons (Fsp3) is 0.289. The van der Waals surface area contributed by atoms with Crippen molar-refractivity contribution < 1.29 is 33.4 Å². The van der Waals surface area contributed by atoms with Crippen LogP contribution in [0.5, 0.6) is 11.5 Å². The van der Waals surface area contributed by atoms with Crippen LogP contribution in [0.25, 0.3) is 22.1 Å². The Labute approximate surface area is 383 Å². The molecular formula is C45H51N15O7. The minimum Gasteiger partial charge on any atom is -0.494 e. The highest BCUT2D eigenvalue weighted by molar-refractivity contribution is 6.05. The van der Waals surface area contributed by atoms with E-state index in [-0.39, 0.29) is 48.5 Å². The van der Waals surface area contributed by atoms with Crippen molar-refractivity contribution in [3.05, 3.63) is 107 Å². The Morgan fingerprint density at radius 1 is 0.716 bits per heavy atom. The highest BCUT2D eigenvalue weighted by Gasteiger charge is 2.24. The number of fused-ring (bicyclic) bond motifs is 2. The lowest BCUT2D eigenvalue weighted by atomic mass is 10.1. The third kappa shape index (κ3) is 10.4. The van der Waals surface area contributed by atoms with E-state index in [9.17, 15) is 24.0 Å². The topological polar surface area (TPSA) is 281 Å². The van der Waals surface area contributed by atoms with Crippen LogP contribution in [0.4, 0.5) is 17.6 Å². The van der Waals surface area contributed by atoms with Gasteiger partial charge in [-0.1, -0.05) is 18.2 Å². The van der Waals surface area contributed by atoms with Gasteiger partial charge in [-0.2, -0.15) is 15.3 Å². The fourth-order valence-electron chi connectivity index (χ4n) is 7.40. The zero-order valence-corrected chi connectivity index (χ0v) is 37.6. The number of nitrogens with one attached hydrogen (secondary N) is 3. The maximum absolute atomic E-state index is 13.9. The Hall–Kier alpha value is -8.56. The molecule has 7 rings (SSSR count). The normalized spacial score (nSPS) is 11.5. The number of hydrogen-bond donors (Lipinski definition) is 5. The van der Waals surface area contributed by atoms with Crippen molar-refractivity contribution in [1.82, 2.24) is 48.4 Å². The minimum atomic E-state index is -0.705. The van der Waals surface area contributed by atoms with E-state index in [2.05, 4.69) is 31.2 Å². The molecule has 7 aromatic rings. The first kappa shape index (κ1) is 46.4. The summed E-state index contributed by atoms with van der Waals surface area (Å²) in [6.07, 6.45) is 12.0. The Balaban J connectivity index is 1.23. The van der Waals surface area contributed by atoms with Crippen LogP contribution in [0.3, 0.4) is 0 Å². The van der Waals surface area contributed by atoms with Crippen LogP contribution in [0.15, 0.2) is 73.1 Å². The molecule has 22 heteroatoms. The number of methoxy groups -OCH3 is 1. The molecule has 0 unspecified atom stereocenters. The van der Waals surface area contributed by atoms with Gasteiger partial charge in [0, 0.05) is 56.5 Å². The van der Waals surface area contributed by atoms with Gasteiger partial charge in [0.1, 0.15) is 46.8 Å². The summed E-state index contributed by atoms with van der Waals surface area (Å²) in [7, 11) is 1.45. The van der Waals surface area contributed by atoms with Crippen molar-refractivity contribution in [3.8, 4) is 11.5 Å². The molecule has 0 aliphatic heterocycles. The lowest BCUT2D eigenvalue weighted by molar-refractivity contribution is -0.107. The third-order valence-electron chi connectivity index (χ3n) is 10.5. The van der Waals surface area contributed by atoms with Gasteiger partial charge >= 0.3 is 0 Å². The van der Waals surface area contributed by atoms with E-state index >= 15 is 0 Å². The van der Waals surface area contributed by atoms with E-state index in [1.807, 2.05) is 38.3 Å². The number of allylic oxidation sites excluding steroid dienone is 3. The molecule has 5 aromatic heterocycles. The molecule has 22 nitrogen and oxygen atoms in total. The number of nitrogens with zero attached hydrogens (tertiary/aromatic N) is 10. The summed E-state index contributed by atoms with van der Waals surface area (Å²) in [5, 5.41) is 22.1. The summed E-state index contributed by atoms with van der Waals surface area (Å²) >= 11 is 0. The molecule has 0 atom stereocenters.